The van der Waals surface area contributed by atoms with E-state index in [-0.39, 0.29) is 0 Å². The van der Waals surface area contributed by atoms with Crippen LogP contribution in [0.4, 0.5) is 0 Å². The molecule has 3 saturated heterocycles. The smallest absolute Gasteiger partial charge is 0.190 e. The van der Waals surface area contributed by atoms with Crippen LogP contribution in [0.25, 0.3) is 0 Å². The minimum Gasteiger partial charge on any atom is -0.387 e. The molecule has 0 saturated carbocycles. The second kappa shape index (κ2) is 6.74. The number of ether oxygens (including phenoxy) is 5. The number of hydrogen-bond acceptors (Lipinski definition) is 6. The first-order valence-electron chi connectivity index (χ1n) is 8.81. The predicted molar refractivity (Wildman–Crippen MR) is 89.8 cm³/mol. The fourth-order valence-electron chi connectivity index (χ4n) is 3.66. The highest BCUT2D eigenvalue weighted by atomic mass is 16.8. The van der Waals surface area contributed by atoms with E-state index < -0.39 is 43.3 Å². The topological polar surface area (TPSA) is 66.4 Å². The van der Waals surface area contributed by atoms with E-state index in [1.165, 1.54) is 0 Å². The molecule has 136 valence electrons. The molecule has 6 heteroatoms. The molecule has 1 N–H and O–H groups in total. The van der Waals surface area contributed by atoms with E-state index >= 15 is 0 Å². The zero-order valence-corrected chi connectivity index (χ0v) is 14.0. The Kier molecular flexibility index (Phi) is 4.24. The Morgan fingerprint density at radius 1 is 0.692 bits per heavy atom. The highest BCUT2D eigenvalue weighted by molar-refractivity contribution is 5.18. The van der Waals surface area contributed by atoms with Crippen molar-refractivity contribution >= 4 is 0 Å². The molecule has 0 bridgehead atoms. The maximum absolute atomic E-state index is 10.8. The van der Waals surface area contributed by atoms with Crippen molar-refractivity contribution < 1.29 is 28.8 Å². The Hall–Kier alpha value is -1.80. The molecule has 0 spiro atoms. The Labute approximate surface area is 151 Å². The summed E-state index contributed by atoms with van der Waals surface area (Å²) in [7, 11) is 0. The van der Waals surface area contributed by atoms with E-state index in [0.29, 0.717) is 6.61 Å². The predicted octanol–water partition coefficient (Wildman–Crippen LogP) is 2.30. The first-order chi connectivity index (χ1) is 12.8. The van der Waals surface area contributed by atoms with Gasteiger partial charge in [0.15, 0.2) is 18.9 Å². The minimum absolute atomic E-state index is 0.323. The fraction of sp³-hybridized carbons (Fsp3) is 0.400. The van der Waals surface area contributed by atoms with Crippen LogP contribution in [0.2, 0.25) is 0 Å². The summed E-state index contributed by atoms with van der Waals surface area (Å²) < 4.78 is 29.6. The lowest BCUT2D eigenvalue weighted by Gasteiger charge is -2.44. The maximum Gasteiger partial charge on any atom is 0.190 e. The summed E-state index contributed by atoms with van der Waals surface area (Å²) in [4.78, 5) is 0. The van der Waals surface area contributed by atoms with Gasteiger partial charge in [0.1, 0.15) is 24.4 Å². The van der Waals surface area contributed by atoms with Crippen LogP contribution in [0.5, 0.6) is 0 Å². The van der Waals surface area contributed by atoms with Gasteiger partial charge in [0, 0.05) is 11.1 Å². The van der Waals surface area contributed by atoms with E-state index in [1.54, 1.807) is 0 Å². The van der Waals surface area contributed by atoms with E-state index in [1.807, 2.05) is 60.7 Å². The van der Waals surface area contributed by atoms with Crippen molar-refractivity contribution in [3.8, 4) is 0 Å². The van der Waals surface area contributed by atoms with Gasteiger partial charge in [-0.1, -0.05) is 60.7 Å². The lowest BCUT2D eigenvalue weighted by Crippen LogP contribution is -2.60. The second-order valence-corrected chi connectivity index (χ2v) is 6.69. The first kappa shape index (κ1) is 16.4. The molecule has 7 atom stereocenters. The van der Waals surface area contributed by atoms with Gasteiger partial charge in [-0.15, -0.1) is 0 Å². The van der Waals surface area contributed by atoms with Crippen LogP contribution in [0.15, 0.2) is 60.7 Å². The van der Waals surface area contributed by atoms with Crippen molar-refractivity contribution in [3.05, 3.63) is 71.8 Å². The summed E-state index contributed by atoms with van der Waals surface area (Å²) in [6.45, 7) is 0.323. The summed E-state index contributed by atoms with van der Waals surface area (Å²) in [5, 5.41) is 10.8. The quantitative estimate of drug-likeness (QED) is 0.891. The Morgan fingerprint density at radius 3 is 2.00 bits per heavy atom. The molecular weight excluding hydrogens is 336 g/mol. The van der Waals surface area contributed by atoms with Crippen LogP contribution in [-0.2, 0) is 23.7 Å². The Morgan fingerprint density at radius 2 is 1.31 bits per heavy atom. The number of rotatable bonds is 2. The molecule has 0 aromatic heterocycles. The minimum atomic E-state index is -0.859. The molecule has 26 heavy (non-hydrogen) atoms. The highest BCUT2D eigenvalue weighted by Crippen LogP contribution is 2.41. The third-order valence-corrected chi connectivity index (χ3v) is 4.99. The van der Waals surface area contributed by atoms with Crippen LogP contribution in [0, 0.1) is 0 Å². The number of hydrogen-bond donors (Lipinski definition) is 1. The maximum atomic E-state index is 10.8. The van der Waals surface area contributed by atoms with E-state index in [9.17, 15) is 5.11 Å². The van der Waals surface area contributed by atoms with E-state index in [4.69, 9.17) is 23.7 Å². The van der Waals surface area contributed by atoms with Crippen molar-refractivity contribution in [1.82, 2.24) is 0 Å². The van der Waals surface area contributed by atoms with Gasteiger partial charge in [0.05, 0.1) is 6.61 Å². The molecule has 2 aromatic rings. The zero-order chi connectivity index (χ0) is 17.5. The molecule has 6 nitrogen and oxygen atoms in total. The molecule has 0 aliphatic carbocycles. The molecule has 3 heterocycles. The third-order valence-electron chi connectivity index (χ3n) is 4.99. The molecule has 0 radical (unpaired) electrons. The largest absolute Gasteiger partial charge is 0.387 e. The van der Waals surface area contributed by atoms with E-state index in [2.05, 4.69) is 0 Å². The molecule has 3 aliphatic heterocycles. The van der Waals surface area contributed by atoms with Crippen LogP contribution in [0.3, 0.4) is 0 Å². The lowest BCUT2D eigenvalue weighted by molar-refractivity contribution is -0.338. The highest BCUT2D eigenvalue weighted by Gasteiger charge is 2.54. The second-order valence-electron chi connectivity index (χ2n) is 6.69. The van der Waals surface area contributed by atoms with E-state index in [0.717, 1.165) is 11.1 Å². The molecule has 5 rings (SSSR count). The van der Waals surface area contributed by atoms with Gasteiger partial charge < -0.3 is 28.8 Å². The number of aliphatic hydroxyl groups is 1. The molecule has 0 amide bonds. The van der Waals surface area contributed by atoms with Crippen molar-refractivity contribution in [1.29, 1.82) is 0 Å². The molecular formula is C20H20O6. The Balaban J connectivity index is 1.33. The van der Waals surface area contributed by atoms with Crippen molar-refractivity contribution in [2.24, 2.45) is 0 Å². The normalized spacial score (nSPS) is 39.2. The van der Waals surface area contributed by atoms with Gasteiger partial charge in [0.2, 0.25) is 0 Å². The van der Waals surface area contributed by atoms with Gasteiger partial charge >= 0.3 is 0 Å². The number of fused-ring (bicyclic) bond motifs is 2. The zero-order valence-electron chi connectivity index (χ0n) is 14.0. The Bertz CT molecular complexity index is 701. The van der Waals surface area contributed by atoms with Crippen LogP contribution in [0.1, 0.15) is 23.7 Å². The molecule has 3 fully saturated rings. The summed E-state index contributed by atoms with van der Waals surface area (Å²) in [5.41, 5.74) is 1.80. The van der Waals surface area contributed by atoms with Gasteiger partial charge in [-0.05, 0) is 0 Å². The van der Waals surface area contributed by atoms with Crippen LogP contribution in [-0.4, -0.2) is 42.4 Å². The summed E-state index contributed by atoms with van der Waals surface area (Å²) >= 11 is 0. The monoisotopic (exact) mass is 356 g/mol. The van der Waals surface area contributed by atoms with Crippen molar-refractivity contribution in [2.45, 2.75) is 43.3 Å². The standard InChI is InChI=1S/C20H20O6/c21-15-16-14(11-22-18(24-16)12-7-3-1-4-8-12)23-20-17(15)25-19(26-20)13-9-5-2-6-10-13/h1-10,14-21H,11H2. The molecule has 3 aliphatic rings. The average molecular weight is 356 g/mol. The average Bonchev–Trinajstić information content (AvgIpc) is 3.14. The number of aliphatic hydroxyl groups excluding tert-OH is 1. The summed E-state index contributed by atoms with van der Waals surface area (Å²) in [6.07, 6.45) is -4.13. The fourth-order valence-corrected chi connectivity index (χ4v) is 3.66. The van der Waals surface area contributed by atoms with Gasteiger partial charge in [-0.3, -0.25) is 0 Å². The van der Waals surface area contributed by atoms with Crippen molar-refractivity contribution in [2.75, 3.05) is 6.61 Å². The molecule has 7 unspecified atom stereocenters. The summed E-state index contributed by atoms with van der Waals surface area (Å²) in [5.74, 6) is 0. The van der Waals surface area contributed by atoms with Gasteiger partial charge in [-0.2, -0.15) is 0 Å². The summed E-state index contributed by atoms with van der Waals surface area (Å²) in [6, 6.07) is 19.3. The van der Waals surface area contributed by atoms with Crippen molar-refractivity contribution in [3.63, 3.8) is 0 Å². The van der Waals surface area contributed by atoms with Gasteiger partial charge in [-0.25, -0.2) is 0 Å². The molecule has 2 aromatic carbocycles. The van der Waals surface area contributed by atoms with Gasteiger partial charge in [0.25, 0.3) is 0 Å². The first-order valence-corrected chi connectivity index (χ1v) is 8.81. The SMILES string of the molecule is OC1C2OC(c3ccccc3)OCC2OC2OC(c3ccccc3)OC21. The third kappa shape index (κ3) is 2.85. The van der Waals surface area contributed by atoms with Crippen LogP contribution < -0.4 is 0 Å². The number of benzene rings is 2. The van der Waals surface area contributed by atoms with Crippen LogP contribution >= 0.6 is 0 Å². The lowest BCUT2D eigenvalue weighted by atomic mass is 9.98.